The lowest BCUT2D eigenvalue weighted by molar-refractivity contribution is -0.116. The highest BCUT2D eigenvalue weighted by atomic mass is 35.5. The highest BCUT2D eigenvalue weighted by molar-refractivity contribution is 6.31. The van der Waals surface area contributed by atoms with Crippen LogP contribution in [-0.4, -0.2) is 19.6 Å². The molecule has 2 rings (SSSR count). The van der Waals surface area contributed by atoms with Gasteiger partial charge in [0.1, 0.15) is 5.75 Å². The molecule has 2 aromatic rings. The van der Waals surface area contributed by atoms with Crippen molar-refractivity contribution in [3.8, 4) is 5.75 Å². The molecule has 0 aromatic heterocycles. The molecule has 0 fully saturated rings. The molecule has 0 atom stereocenters. The molecule has 0 bridgehead atoms. The maximum absolute atomic E-state index is 12.2. The minimum absolute atomic E-state index is 0.0766. The first-order chi connectivity index (χ1) is 11.4. The number of benzene rings is 2. The van der Waals surface area contributed by atoms with E-state index in [4.69, 9.17) is 16.3 Å². The first kappa shape index (κ1) is 18.1. The molecule has 0 saturated heterocycles. The van der Waals surface area contributed by atoms with Crippen molar-refractivity contribution in [2.45, 2.75) is 27.2 Å². The Morgan fingerprint density at radius 2 is 1.83 bits per heavy atom. The van der Waals surface area contributed by atoms with Gasteiger partial charge in [0.25, 0.3) is 0 Å². The van der Waals surface area contributed by atoms with Gasteiger partial charge in [-0.15, -0.1) is 0 Å². The second kappa shape index (κ2) is 8.06. The van der Waals surface area contributed by atoms with Crippen molar-refractivity contribution in [3.05, 3.63) is 52.0 Å². The van der Waals surface area contributed by atoms with Crippen LogP contribution >= 0.6 is 11.6 Å². The Morgan fingerprint density at radius 3 is 2.50 bits per heavy atom. The summed E-state index contributed by atoms with van der Waals surface area (Å²) in [7, 11) is 1.55. The lowest BCUT2D eigenvalue weighted by Crippen LogP contribution is -2.17. The van der Waals surface area contributed by atoms with E-state index in [0.29, 0.717) is 29.4 Å². The van der Waals surface area contributed by atoms with Gasteiger partial charge >= 0.3 is 0 Å². The van der Waals surface area contributed by atoms with Gasteiger partial charge in [0, 0.05) is 29.7 Å². The number of methoxy groups -OCH3 is 1. The highest BCUT2D eigenvalue weighted by Gasteiger charge is 2.10. The van der Waals surface area contributed by atoms with Gasteiger partial charge in [0.05, 0.1) is 12.8 Å². The van der Waals surface area contributed by atoms with E-state index >= 15 is 0 Å². The Balaban J connectivity index is 1.93. The second-order valence-electron chi connectivity index (χ2n) is 5.85. The van der Waals surface area contributed by atoms with Gasteiger partial charge in [0.15, 0.2) is 0 Å². The van der Waals surface area contributed by atoms with Crippen molar-refractivity contribution in [2.75, 3.05) is 24.3 Å². The van der Waals surface area contributed by atoms with Gasteiger partial charge in [0.2, 0.25) is 5.91 Å². The molecule has 0 radical (unpaired) electrons. The van der Waals surface area contributed by atoms with Crippen LogP contribution < -0.4 is 15.4 Å². The smallest absolute Gasteiger partial charge is 0.226 e. The number of hydrogen-bond donors (Lipinski definition) is 2. The summed E-state index contributed by atoms with van der Waals surface area (Å²) in [6, 6.07) is 9.73. The molecule has 2 aromatic carbocycles. The second-order valence-corrected chi connectivity index (χ2v) is 6.25. The summed E-state index contributed by atoms with van der Waals surface area (Å²) >= 11 is 6.08. The van der Waals surface area contributed by atoms with Crippen LogP contribution in [-0.2, 0) is 4.79 Å². The molecule has 0 aliphatic rings. The van der Waals surface area contributed by atoms with Crippen LogP contribution in [0.25, 0.3) is 0 Å². The Morgan fingerprint density at radius 1 is 1.08 bits per heavy atom. The quantitative estimate of drug-likeness (QED) is 0.796. The van der Waals surface area contributed by atoms with Gasteiger partial charge in [-0.25, -0.2) is 0 Å². The zero-order valence-corrected chi connectivity index (χ0v) is 15.3. The number of amides is 1. The van der Waals surface area contributed by atoms with Crippen LogP contribution in [0.2, 0.25) is 5.02 Å². The number of ether oxygens (including phenoxy) is 1. The molecule has 4 nitrogen and oxygen atoms in total. The fourth-order valence-electron chi connectivity index (χ4n) is 2.47. The van der Waals surface area contributed by atoms with E-state index in [1.54, 1.807) is 13.2 Å². The number of hydrogen-bond acceptors (Lipinski definition) is 3. The van der Waals surface area contributed by atoms with Gasteiger partial charge < -0.3 is 15.4 Å². The lowest BCUT2D eigenvalue weighted by Gasteiger charge is -2.13. The van der Waals surface area contributed by atoms with Crippen LogP contribution in [0.4, 0.5) is 11.4 Å². The first-order valence-electron chi connectivity index (χ1n) is 7.86. The molecule has 0 spiro atoms. The van der Waals surface area contributed by atoms with E-state index in [-0.39, 0.29) is 5.91 Å². The molecule has 24 heavy (non-hydrogen) atoms. The molecule has 0 saturated carbocycles. The number of aryl methyl sites for hydroxylation is 3. The number of anilines is 2. The largest absolute Gasteiger partial charge is 0.495 e. The van der Waals surface area contributed by atoms with Crippen LogP contribution in [0.15, 0.2) is 30.3 Å². The summed E-state index contributed by atoms with van der Waals surface area (Å²) in [5, 5.41) is 6.78. The predicted molar refractivity (Wildman–Crippen MR) is 100 cm³/mol. The average molecular weight is 347 g/mol. The van der Waals surface area contributed by atoms with E-state index in [1.807, 2.05) is 19.1 Å². The van der Waals surface area contributed by atoms with Crippen LogP contribution in [0, 0.1) is 20.8 Å². The van der Waals surface area contributed by atoms with Crippen molar-refractivity contribution < 1.29 is 9.53 Å². The van der Waals surface area contributed by atoms with Crippen molar-refractivity contribution in [1.29, 1.82) is 0 Å². The molecule has 0 aliphatic carbocycles. The fraction of sp³-hybridized carbons (Fsp3) is 0.316. The van der Waals surface area contributed by atoms with E-state index in [2.05, 4.69) is 36.6 Å². The van der Waals surface area contributed by atoms with E-state index in [1.165, 1.54) is 11.1 Å². The summed E-state index contributed by atoms with van der Waals surface area (Å²) in [5.74, 6) is 0.480. The molecule has 128 valence electrons. The van der Waals surface area contributed by atoms with Crippen molar-refractivity contribution in [2.24, 2.45) is 0 Å². The summed E-state index contributed by atoms with van der Waals surface area (Å²) in [6.45, 7) is 6.56. The van der Waals surface area contributed by atoms with Gasteiger partial charge in [-0.2, -0.15) is 0 Å². The molecular weight excluding hydrogens is 324 g/mol. The van der Waals surface area contributed by atoms with E-state index < -0.39 is 0 Å². The van der Waals surface area contributed by atoms with Crippen molar-refractivity contribution in [1.82, 2.24) is 0 Å². The maximum Gasteiger partial charge on any atom is 0.226 e. The minimum atomic E-state index is -0.0766. The number of halogens is 1. The van der Waals surface area contributed by atoms with E-state index in [9.17, 15) is 4.79 Å². The molecule has 1 amide bonds. The van der Waals surface area contributed by atoms with Crippen LogP contribution in [0.5, 0.6) is 5.75 Å². The van der Waals surface area contributed by atoms with Crippen LogP contribution in [0.1, 0.15) is 23.1 Å². The third-order valence-electron chi connectivity index (χ3n) is 3.80. The van der Waals surface area contributed by atoms with Gasteiger partial charge in [-0.3, -0.25) is 4.79 Å². The molecule has 0 aliphatic heterocycles. The Hall–Kier alpha value is -2.20. The standard InChI is InChI=1S/C19H23ClN2O2/c1-12-5-6-16(14(3)9-12)21-8-7-19(23)22-17-10-13(2)15(20)11-18(17)24-4/h5-6,9-11,21H,7-8H2,1-4H3,(H,22,23). The number of carbonyl (C=O) groups is 1. The minimum Gasteiger partial charge on any atom is -0.495 e. The monoisotopic (exact) mass is 346 g/mol. The Kier molecular flexibility index (Phi) is 6.10. The Bertz CT molecular complexity index is 744. The van der Waals surface area contributed by atoms with Crippen molar-refractivity contribution >= 4 is 28.9 Å². The number of carbonyl (C=O) groups excluding carboxylic acids is 1. The van der Waals surface area contributed by atoms with Crippen molar-refractivity contribution in [3.63, 3.8) is 0 Å². The molecule has 0 heterocycles. The molecule has 5 heteroatoms. The van der Waals surface area contributed by atoms with E-state index in [0.717, 1.165) is 11.3 Å². The summed E-state index contributed by atoms with van der Waals surface area (Å²) in [6.07, 6.45) is 0.359. The molecular formula is C19H23ClN2O2. The molecule has 2 N–H and O–H groups in total. The topological polar surface area (TPSA) is 50.4 Å². The fourth-order valence-corrected chi connectivity index (χ4v) is 2.62. The maximum atomic E-state index is 12.2. The lowest BCUT2D eigenvalue weighted by atomic mass is 10.1. The van der Waals surface area contributed by atoms with Crippen LogP contribution in [0.3, 0.4) is 0 Å². The average Bonchev–Trinajstić information content (AvgIpc) is 2.52. The summed E-state index contributed by atoms with van der Waals surface area (Å²) < 4.78 is 5.27. The summed E-state index contributed by atoms with van der Waals surface area (Å²) in [4.78, 5) is 12.2. The predicted octanol–water partition coefficient (Wildman–Crippen LogP) is 4.71. The van der Waals surface area contributed by atoms with Gasteiger partial charge in [-0.1, -0.05) is 29.3 Å². The summed E-state index contributed by atoms with van der Waals surface area (Å²) in [5.41, 5.74) is 4.97. The number of rotatable bonds is 6. The SMILES string of the molecule is COc1cc(Cl)c(C)cc1NC(=O)CCNc1ccc(C)cc1C. The highest BCUT2D eigenvalue weighted by Crippen LogP contribution is 2.31. The first-order valence-corrected chi connectivity index (χ1v) is 8.23. The third-order valence-corrected chi connectivity index (χ3v) is 4.21. The normalized spacial score (nSPS) is 10.4. The van der Waals surface area contributed by atoms with Gasteiger partial charge in [-0.05, 0) is 44.0 Å². The Labute approximate surface area is 148 Å². The zero-order valence-electron chi connectivity index (χ0n) is 14.5. The molecule has 0 unspecified atom stereocenters. The number of nitrogens with one attached hydrogen (secondary N) is 2. The third kappa shape index (κ3) is 4.65. The zero-order chi connectivity index (χ0) is 17.7.